The van der Waals surface area contributed by atoms with E-state index in [2.05, 4.69) is 12.6 Å². The second-order valence-electron chi connectivity index (χ2n) is 7.75. The second-order valence-corrected chi connectivity index (χ2v) is 8.48. The van der Waals surface area contributed by atoms with Gasteiger partial charge in [0.1, 0.15) is 11.2 Å². The number of carbonyl (C=O) groups is 2. The molecule has 0 aromatic carbocycles. The van der Waals surface area contributed by atoms with Crippen LogP contribution in [-0.4, -0.2) is 28.4 Å². The van der Waals surface area contributed by atoms with Gasteiger partial charge < -0.3 is 9.47 Å². The van der Waals surface area contributed by atoms with Gasteiger partial charge in [0.15, 0.2) is 0 Å². The SMILES string of the molecule is CC(C)(C)OC(=O)C1CCC(S)CC1C(=O)OC(C)(C)C. The van der Waals surface area contributed by atoms with Crippen LogP contribution in [0.5, 0.6) is 0 Å². The van der Waals surface area contributed by atoms with E-state index in [9.17, 15) is 9.59 Å². The number of hydrogen-bond acceptors (Lipinski definition) is 5. The third kappa shape index (κ3) is 6.29. The average Bonchev–Trinajstić information content (AvgIpc) is 2.23. The van der Waals surface area contributed by atoms with Crippen molar-refractivity contribution in [3.63, 3.8) is 0 Å². The van der Waals surface area contributed by atoms with E-state index in [0.29, 0.717) is 12.8 Å². The Morgan fingerprint density at radius 2 is 1.29 bits per heavy atom. The van der Waals surface area contributed by atoms with Gasteiger partial charge in [-0.3, -0.25) is 9.59 Å². The van der Waals surface area contributed by atoms with Gasteiger partial charge in [-0.1, -0.05) is 0 Å². The minimum Gasteiger partial charge on any atom is -0.460 e. The van der Waals surface area contributed by atoms with Crippen molar-refractivity contribution in [2.24, 2.45) is 11.8 Å². The Balaban J connectivity index is 2.84. The van der Waals surface area contributed by atoms with Crippen LogP contribution in [-0.2, 0) is 19.1 Å². The van der Waals surface area contributed by atoms with Crippen LogP contribution in [0.15, 0.2) is 0 Å². The lowest BCUT2D eigenvalue weighted by Gasteiger charge is -2.34. The van der Waals surface area contributed by atoms with Gasteiger partial charge in [-0.2, -0.15) is 12.6 Å². The standard InChI is InChI=1S/C16H28O4S/c1-15(2,3)19-13(17)11-8-7-10(21)9-12(11)14(18)20-16(4,5)6/h10-12,21H,7-9H2,1-6H3. The minimum atomic E-state index is -0.556. The van der Waals surface area contributed by atoms with Gasteiger partial charge in [0.2, 0.25) is 0 Å². The van der Waals surface area contributed by atoms with Crippen LogP contribution < -0.4 is 0 Å². The lowest BCUT2D eigenvalue weighted by Crippen LogP contribution is -2.42. The molecule has 3 unspecified atom stereocenters. The fourth-order valence-corrected chi connectivity index (χ4v) is 2.82. The highest BCUT2D eigenvalue weighted by Crippen LogP contribution is 2.36. The highest BCUT2D eigenvalue weighted by Gasteiger charge is 2.42. The van der Waals surface area contributed by atoms with Crippen LogP contribution in [0.4, 0.5) is 0 Å². The molecule has 1 rings (SSSR count). The summed E-state index contributed by atoms with van der Waals surface area (Å²) in [4.78, 5) is 24.7. The molecule has 0 radical (unpaired) electrons. The average molecular weight is 316 g/mol. The summed E-state index contributed by atoms with van der Waals surface area (Å²) in [5, 5.41) is 0.126. The molecule has 1 fully saturated rings. The lowest BCUT2D eigenvalue weighted by atomic mass is 9.78. The highest BCUT2D eigenvalue weighted by atomic mass is 32.1. The molecule has 1 aliphatic rings. The van der Waals surface area contributed by atoms with E-state index in [-0.39, 0.29) is 17.2 Å². The Bertz CT molecular complexity index is 392. The maximum Gasteiger partial charge on any atom is 0.310 e. The summed E-state index contributed by atoms with van der Waals surface area (Å²) in [5.74, 6) is -1.52. The quantitative estimate of drug-likeness (QED) is 0.627. The number of hydrogen-bond donors (Lipinski definition) is 1. The third-order valence-electron chi connectivity index (χ3n) is 3.24. The van der Waals surface area contributed by atoms with E-state index in [1.807, 2.05) is 41.5 Å². The van der Waals surface area contributed by atoms with Gasteiger partial charge in [0.05, 0.1) is 11.8 Å². The Labute approximate surface area is 133 Å². The van der Waals surface area contributed by atoms with Crippen molar-refractivity contribution >= 4 is 24.6 Å². The Morgan fingerprint density at radius 3 is 1.71 bits per heavy atom. The van der Waals surface area contributed by atoms with Gasteiger partial charge in [-0.25, -0.2) is 0 Å². The zero-order valence-electron chi connectivity index (χ0n) is 13.9. The van der Waals surface area contributed by atoms with E-state index in [1.165, 1.54) is 0 Å². The summed E-state index contributed by atoms with van der Waals surface area (Å²) in [6, 6.07) is 0. The Kier molecular flexibility index (Phi) is 5.76. The van der Waals surface area contributed by atoms with Crippen LogP contribution in [0.2, 0.25) is 0 Å². The van der Waals surface area contributed by atoms with Crippen LogP contribution in [0.3, 0.4) is 0 Å². The molecule has 5 heteroatoms. The van der Waals surface area contributed by atoms with Crippen molar-refractivity contribution in [2.45, 2.75) is 77.3 Å². The summed E-state index contributed by atoms with van der Waals surface area (Å²) >= 11 is 4.46. The molecule has 21 heavy (non-hydrogen) atoms. The largest absolute Gasteiger partial charge is 0.460 e. The molecule has 4 nitrogen and oxygen atoms in total. The number of ether oxygens (including phenoxy) is 2. The Hall–Kier alpha value is -0.710. The zero-order chi connectivity index (χ0) is 16.4. The summed E-state index contributed by atoms with van der Waals surface area (Å²) in [6.45, 7) is 11.0. The first-order valence-corrected chi connectivity index (χ1v) is 8.04. The molecule has 1 aliphatic carbocycles. The summed E-state index contributed by atoms with van der Waals surface area (Å²) in [5.41, 5.74) is -1.10. The third-order valence-corrected chi connectivity index (χ3v) is 3.71. The number of thiol groups is 1. The van der Waals surface area contributed by atoms with Gasteiger partial charge in [0, 0.05) is 5.25 Å². The van der Waals surface area contributed by atoms with Crippen molar-refractivity contribution in [3.8, 4) is 0 Å². The molecule has 0 aromatic rings. The van der Waals surface area contributed by atoms with E-state index >= 15 is 0 Å². The van der Waals surface area contributed by atoms with E-state index in [4.69, 9.17) is 9.47 Å². The number of carbonyl (C=O) groups excluding carboxylic acids is 2. The van der Waals surface area contributed by atoms with Crippen molar-refractivity contribution in [1.29, 1.82) is 0 Å². The first kappa shape index (κ1) is 18.3. The molecule has 0 N–H and O–H groups in total. The van der Waals surface area contributed by atoms with Crippen LogP contribution in [0.25, 0.3) is 0 Å². The molecule has 3 atom stereocenters. The highest BCUT2D eigenvalue weighted by molar-refractivity contribution is 7.80. The predicted octanol–water partition coefficient (Wildman–Crippen LogP) is 3.38. The molecule has 1 saturated carbocycles. The fraction of sp³-hybridized carbons (Fsp3) is 0.875. The molecule has 0 saturated heterocycles. The minimum absolute atomic E-state index is 0.126. The van der Waals surface area contributed by atoms with Crippen molar-refractivity contribution in [3.05, 3.63) is 0 Å². The molecule has 0 aliphatic heterocycles. The molecule has 122 valence electrons. The molecular formula is C16H28O4S. The van der Waals surface area contributed by atoms with E-state index in [1.54, 1.807) is 0 Å². The maximum absolute atomic E-state index is 12.4. The van der Waals surface area contributed by atoms with Gasteiger partial charge >= 0.3 is 11.9 Å². The van der Waals surface area contributed by atoms with Crippen molar-refractivity contribution < 1.29 is 19.1 Å². The Morgan fingerprint density at radius 1 is 0.857 bits per heavy atom. The molecule has 0 spiro atoms. The van der Waals surface area contributed by atoms with E-state index < -0.39 is 23.0 Å². The molecule has 0 amide bonds. The fourth-order valence-electron chi connectivity index (χ4n) is 2.45. The molecule has 0 aromatic heterocycles. The van der Waals surface area contributed by atoms with Crippen LogP contribution in [0, 0.1) is 11.8 Å². The van der Waals surface area contributed by atoms with E-state index in [0.717, 1.165) is 6.42 Å². The normalized spacial score (nSPS) is 27.1. The molecular weight excluding hydrogens is 288 g/mol. The summed E-state index contributed by atoms with van der Waals surface area (Å²) < 4.78 is 10.9. The van der Waals surface area contributed by atoms with Crippen LogP contribution in [0.1, 0.15) is 60.8 Å². The van der Waals surface area contributed by atoms with Crippen LogP contribution >= 0.6 is 12.6 Å². The first-order valence-electron chi connectivity index (χ1n) is 7.53. The lowest BCUT2D eigenvalue weighted by molar-refractivity contribution is -0.175. The summed E-state index contributed by atoms with van der Waals surface area (Å²) in [7, 11) is 0. The molecule has 0 heterocycles. The van der Waals surface area contributed by atoms with Crippen molar-refractivity contribution in [2.75, 3.05) is 0 Å². The van der Waals surface area contributed by atoms with Gasteiger partial charge in [-0.05, 0) is 60.8 Å². The second kappa shape index (κ2) is 6.59. The number of esters is 2. The maximum atomic E-state index is 12.4. The summed E-state index contributed by atoms with van der Waals surface area (Å²) in [6.07, 6.45) is 1.99. The number of rotatable bonds is 2. The monoisotopic (exact) mass is 316 g/mol. The molecule has 0 bridgehead atoms. The first-order chi connectivity index (χ1) is 9.39. The predicted molar refractivity (Wildman–Crippen MR) is 85.3 cm³/mol. The topological polar surface area (TPSA) is 52.6 Å². The van der Waals surface area contributed by atoms with Crippen molar-refractivity contribution in [1.82, 2.24) is 0 Å². The van der Waals surface area contributed by atoms with Gasteiger partial charge in [-0.15, -0.1) is 0 Å². The smallest absolute Gasteiger partial charge is 0.310 e. The zero-order valence-corrected chi connectivity index (χ0v) is 14.8. The van der Waals surface area contributed by atoms with Gasteiger partial charge in [0.25, 0.3) is 0 Å².